The Labute approximate surface area is 101 Å². The molecule has 0 radical (unpaired) electrons. The van der Waals surface area contributed by atoms with E-state index in [4.69, 9.17) is 4.55 Å². The first-order valence-corrected chi connectivity index (χ1v) is 6.65. The van der Waals surface area contributed by atoms with Gasteiger partial charge in [0.15, 0.2) is 0 Å². The highest BCUT2D eigenvalue weighted by molar-refractivity contribution is 7.85. The Kier molecular flexibility index (Phi) is 4.59. The lowest BCUT2D eigenvalue weighted by atomic mass is 10.3. The van der Waals surface area contributed by atoms with E-state index in [1.54, 1.807) is 5.01 Å². The number of rotatable bonds is 5. The first kappa shape index (κ1) is 13.6. The number of nitrogens with zero attached hydrogens (tertiary/aromatic N) is 3. The van der Waals surface area contributed by atoms with E-state index < -0.39 is 10.1 Å². The summed E-state index contributed by atoms with van der Waals surface area (Å²) < 4.78 is 30.4. The SMILES string of the molecule is CCN(CC)N=Nc1ccc(S(=O)(=O)O)cc1. The van der Waals surface area contributed by atoms with Gasteiger partial charge in [0.2, 0.25) is 0 Å². The molecule has 0 bridgehead atoms. The second-order valence-electron chi connectivity index (χ2n) is 3.30. The third kappa shape index (κ3) is 4.12. The van der Waals surface area contributed by atoms with E-state index in [9.17, 15) is 8.42 Å². The Morgan fingerprint density at radius 1 is 1.18 bits per heavy atom. The van der Waals surface area contributed by atoms with Crippen LogP contribution in [0.3, 0.4) is 0 Å². The topological polar surface area (TPSA) is 82.3 Å². The summed E-state index contributed by atoms with van der Waals surface area (Å²) >= 11 is 0. The summed E-state index contributed by atoms with van der Waals surface area (Å²) in [6.45, 7) is 5.43. The maximum absolute atomic E-state index is 10.8. The molecule has 0 aliphatic heterocycles. The van der Waals surface area contributed by atoms with Crippen molar-refractivity contribution in [2.45, 2.75) is 18.7 Å². The van der Waals surface area contributed by atoms with Crippen LogP contribution in [0.1, 0.15) is 13.8 Å². The summed E-state index contributed by atoms with van der Waals surface area (Å²) in [6, 6.07) is 5.53. The molecule has 0 aromatic heterocycles. The Morgan fingerprint density at radius 3 is 2.12 bits per heavy atom. The third-order valence-corrected chi connectivity index (χ3v) is 3.02. The summed E-state index contributed by atoms with van der Waals surface area (Å²) in [5.41, 5.74) is 0.532. The van der Waals surface area contributed by atoms with E-state index in [0.717, 1.165) is 13.1 Å². The molecule has 0 atom stereocenters. The van der Waals surface area contributed by atoms with E-state index in [2.05, 4.69) is 10.3 Å². The summed E-state index contributed by atoms with van der Waals surface area (Å²) in [7, 11) is -4.14. The first-order valence-electron chi connectivity index (χ1n) is 5.21. The molecule has 7 heteroatoms. The van der Waals surface area contributed by atoms with Gasteiger partial charge >= 0.3 is 0 Å². The van der Waals surface area contributed by atoms with Crippen molar-refractivity contribution in [3.05, 3.63) is 24.3 Å². The molecule has 0 spiro atoms. The lowest BCUT2D eigenvalue weighted by Crippen LogP contribution is -2.14. The molecular formula is C10H15N3O3S. The van der Waals surface area contributed by atoms with Crippen molar-refractivity contribution in [2.24, 2.45) is 10.3 Å². The first-order chi connectivity index (χ1) is 7.97. The molecule has 0 saturated heterocycles. The fourth-order valence-corrected chi connectivity index (χ4v) is 1.63. The van der Waals surface area contributed by atoms with Crippen molar-refractivity contribution in [2.75, 3.05) is 13.1 Å². The number of hydrogen-bond donors (Lipinski definition) is 1. The Balaban J connectivity index is 2.82. The summed E-state index contributed by atoms with van der Waals surface area (Å²) in [5.74, 6) is 0. The average molecular weight is 257 g/mol. The Bertz CT molecular complexity index is 478. The minimum absolute atomic E-state index is 0.153. The molecule has 0 unspecified atom stereocenters. The van der Waals surface area contributed by atoms with Crippen molar-refractivity contribution < 1.29 is 13.0 Å². The molecule has 1 aromatic rings. The normalized spacial score (nSPS) is 11.9. The van der Waals surface area contributed by atoms with Gasteiger partial charge < -0.3 is 0 Å². The molecule has 0 aliphatic carbocycles. The summed E-state index contributed by atoms with van der Waals surface area (Å²) in [5, 5.41) is 9.68. The highest BCUT2D eigenvalue weighted by Crippen LogP contribution is 2.16. The van der Waals surface area contributed by atoms with Crippen molar-refractivity contribution in [3.8, 4) is 0 Å². The number of hydrogen-bond acceptors (Lipinski definition) is 4. The van der Waals surface area contributed by atoms with Gasteiger partial charge in [0.25, 0.3) is 10.1 Å². The van der Waals surface area contributed by atoms with Crippen LogP contribution >= 0.6 is 0 Å². The minimum atomic E-state index is -4.14. The molecule has 1 rings (SSSR count). The van der Waals surface area contributed by atoms with Crippen LogP contribution in [0.2, 0.25) is 0 Å². The monoisotopic (exact) mass is 257 g/mol. The zero-order valence-electron chi connectivity index (χ0n) is 9.74. The van der Waals surface area contributed by atoms with Gasteiger partial charge in [0.1, 0.15) is 0 Å². The standard InChI is InChI=1S/C10H15N3O3S/c1-3-13(4-2)12-11-9-5-7-10(8-6-9)17(14,15)16/h5-8H,3-4H2,1-2H3,(H,14,15,16). The van der Waals surface area contributed by atoms with Gasteiger partial charge in [-0.05, 0) is 38.1 Å². The predicted octanol–water partition coefficient (Wildman–Crippen LogP) is 2.27. The van der Waals surface area contributed by atoms with Crippen molar-refractivity contribution in [1.82, 2.24) is 5.01 Å². The van der Waals surface area contributed by atoms with Crippen LogP contribution in [-0.2, 0) is 10.1 Å². The molecule has 0 saturated carbocycles. The van der Waals surface area contributed by atoms with Gasteiger partial charge in [-0.2, -0.15) is 8.42 Å². The average Bonchev–Trinajstić information content (AvgIpc) is 2.30. The quantitative estimate of drug-likeness (QED) is 0.498. The lowest BCUT2D eigenvalue weighted by molar-refractivity contribution is 0.300. The van der Waals surface area contributed by atoms with Gasteiger partial charge in [-0.25, -0.2) is 0 Å². The van der Waals surface area contributed by atoms with E-state index >= 15 is 0 Å². The molecule has 1 aromatic carbocycles. The molecule has 1 N–H and O–H groups in total. The van der Waals surface area contributed by atoms with E-state index in [-0.39, 0.29) is 4.90 Å². The van der Waals surface area contributed by atoms with Crippen molar-refractivity contribution >= 4 is 15.8 Å². The third-order valence-electron chi connectivity index (χ3n) is 2.15. The molecule has 17 heavy (non-hydrogen) atoms. The largest absolute Gasteiger partial charge is 0.294 e. The van der Waals surface area contributed by atoms with Gasteiger partial charge in [0.05, 0.1) is 10.6 Å². The Morgan fingerprint density at radius 2 is 1.71 bits per heavy atom. The van der Waals surface area contributed by atoms with Crippen LogP contribution in [0, 0.1) is 0 Å². The highest BCUT2D eigenvalue weighted by Gasteiger charge is 2.08. The van der Waals surface area contributed by atoms with Crippen molar-refractivity contribution in [3.63, 3.8) is 0 Å². The molecule has 0 fully saturated rings. The van der Waals surface area contributed by atoms with Crippen LogP contribution in [0.15, 0.2) is 39.5 Å². The van der Waals surface area contributed by atoms with Gasteiger partial charge in [-0.1, -0.05) is 5.22 Å². The van der Waals surface area contributed by atoms with Gasteiger partial charge in [-0.3, -0.25) is 9.56 Å². The molecular weight excluding hydrogens is 242 g/mol. The molecule has 0 amide bonds. The summed E-state index contributed by atoms with van der Waals surface area (Å²) in [4.78, 5) is -0.153. The zero-order chi connectivity index (χ0) is 12.9. The van der Waals surface area contributed by atoms with Crippen LogP contribution in [-0.4, -0.2) is 31.1 Å². The molecule has 0 heterocycles. The summed E-state index contributed by atoms with van der Waals surface area (Å²) in [6.07, 6.45) is 0. The highest BCUT2D eigenvalue weighted by atomic mass is 32.2. The van der Waals surface area contributed by atoms with Crippen LogP contribution in [0.25, 0.3) is 0 Å². The molecule has 94 valence electrons. The minimum Gasteiger partial charge on any atom is -0.282 e. The Hall–Kier alpha value is -1.47. The second kappa shape index (κ2) is 5.74. The molecule has 0 aliphatic rings. The van der Waals surface area contributed by atoms with Gasteiger partial charge in [-0.15, -0.1) is 5.11 Å². The van der Waals surface area contributed by atoms with Gasteiger partial charge in [0, 0.05) is 13.1 Å². The van der Waals surface area contributed by atoms with E-state index in [0.29, 0.717) is 5.69 Å². The molecule has 6 nitrogen and oxygen atoms in total. The van der Waals surface area contributed by atoms with E-state index in [1.807, 2.05) is 13.8 Å². The van der Waals surface area contributed by atoms with Crippen LogP contribution in [0.4, 0.5) is 5.69 Å². The zero-order valence-corrected chi connectivity index (χ0v) is 10.6. The lowest BCUT2D eigenvalue weighted by Gasteiger charge is -2.10. The van der Waals surface area contributed by atoms with Crippen LogP contribution < -0.4 is 0 Å². The fourth-order valence-electron chi connectivity index (χ4n) is 1.15. The maximum Gasteiger partial charge on any atom is 0.294 e. The maximum atomic E-state index is 10.8. The smallest absolute Gasteiger partial charge is 0.282 e. The second-order valence-corrected chi connectivity index (χ2v) is 4.72. The van der Waals surface area contributed by atoms with Crippen molar-refractivity contribution in [1.29, 1.82) is 0 Å². The predicted molar refractivity (Wildman–Crippen MR) is 63.7 cm³/mol. The number of benzene rings is 1. The van der Waals surface area contributed by atoms with Crippen LogP contribution in [0.5, 0.6) is 0 Å². The van der Waals surface area contributed by atoms with E-state index in [1.165, 1.54) is 24.3 Å². The fraction of sp³-hybridized carbons (Fsp3) is 0.400.